The lowest BCUT2D eigenvalue weighted by Crippen LogP contribution is -1.80. The number of phenols is 1. The average molecular weight is 345 g/mol. The van der Waals surface area contributed by atoms with Gasteiger partial charge in [-0.25, -0.2) is 4.98 Å². The van der Waals surface area contributed by atoms with Gasteiger partial charge in [0.05, 0.1) is 0 Å². The zero-order valence-corrected chi connectivity index (χ0v) is 11.4. The van der Waals surface area contributed by atoms with Crippen LogP contribution in [0.1, 0.15) is 5.56 Å². The number of hydrogen-bond donors (Lipinski definition) is 1. The van der Waals surface area contributed by atoms with Crippen molar-refractivity contribution in [3.8, 4) is 5.75 Å². The number of benzene rings is 1. The van der Waals surface area contributed by atoms with Crippen LogP contribution in [-0.2, 0) is 0 Å². The molecular weight excluding hydrogens is 337 g/mol. The Balaban J connectivity index is 2.38. The van der Waals surface area contributed by atoms with Gasteiger partial charge in [-0.05, 0) is 41.1 Å². The van der Waals surface area contributed by atoms with Gasteiger partial charge in [-0.3, -0.25) is 0 Å². The van der Waals surface area contributed by atoms with Crippen LogP contribution in [0, 0.1) is 10.5 Å². The number of halogens is 1. The minimum Gasteiger partial charge on any atom is -0.506 e. The fraction of sp³-hybridized carbons (Fsp3) is 0.100. The van der Waals surface area contributed by atoms with Crippen molar-refractivity contribution in [3.05, 3.63) is 32.8 Å². The van der Waals surface area contributed by atoms with Crippen LogP contribution in [0.3, 0.4) is 0 Å². The van der Waals surface area contributed by atoms with Crippen LogP contribution in [-0.4, -0.2) is 10.1 Å². The summed E-state index contributed by atoms with van der Waals surface area (Å²) in [6.45, 7) is 1.96. The molecule has 16 heavy (non-hydrogen) atoms. The zero-order valence-electron chi connectivity index (χ0n) is 8.38. The molecular formula is C10H8IN3OS. The Morgan fingerprint density at radius 2 is 2.19 bits per heavy atom. The van der Waals surface area contributed by atoms with Crippen LogP contribution in [0.4, 0.5) is 10.8 Å². The normalized spacial score (nSPS) is 11.1. The van der Waals surface area contributed by atoms with E-state index in [-0.39, 0.29) is 5.75 Å². The van der Waals surface area contributed by atoms with Crippen LogP contribution in [0.5, 0.6) is 5.75 Å². The summed E-state index contributed by atoms with van der Waals surface area (Å²) in [7, 11) is 0. The Hall–Kier alpha value is -1.02. The molecule has 0 aliphatic carbocycles. The van der Waals surface area contributed by atoms with Crippen molar-refractivity contribution in [2.75, 3.05) is 0 Å². The third-order valence-corrected chi connectivity index (χ3v) is 3.96. The molecule has 0 aliphatic heterocycles. The Labute approximate surface area is 110 Å². The fourth-order valence-electron chi connectivity index (χ4n) is 1.11. The molecule has 6 heteroatoms. The minimum atomic E-state index is 0.135. The van der Waals surface area contributed by atoms with Crippen LogP contribution < -0.4 is 0 Å². The van der Waals surface area contributed by atoms with E-state index in [0.717, 1.165) is 9.13 Å². The van der Waals surface area contributed by atoms with E-state index in [4.69, 9.17) is 0 Å². The van der Waals surface area contributed by atoms with Gasteiger partial charge in [-0.1, -0.05) is 6.07 Å². The van der Waals surface area contributed by atoms with E-state index in [1.165, 1.54) is 11.3 Å². The summed E-state index contributed by atoms with van der Waals surface area (Å²) in [5, 5.41) is 20.1. The molecule has 1 heterocycles. The lowest BCUT2D eigenvalue weighted by Gasteiger charge is -2.03. The number of aryl methyl sites for hydroxylation is 1. The van der Waals surface area contributed by atoms with Crippen molar-refractivity contribution in [2.45, 2.75) is 6.92 Å². The Morgan fingerprint density at radius 1 is 1.38 bits per heavy atom. The predicted molar refractivity (Wildman–Crippen MR) is 71.9 cm³/mol. The Morgan fingerprint density at radius 3 is 2.88 bits per heavy atom. The smallest absolute Gasteiger partial charge is 0.229 e. The fourth-order valence-corrected chi connectivity index (χ4v) is 2.13. The lowest BCUT2D eigenvalue weighted by molar-refractivity contribution is 0.476. The monoisotopic (exact) mass is 345 g/mol. The third-order valence-electron chi connectivity index (χ3n) is 1.94. The maximum absolute atomic E-state index is 9.67. The number of aromatic nitrogens is 1. The zero-order chi connectivity index (χ0) is 11.5. The highest BCUT2D eigenvalue weighted by atomic mass is 127. The second-order valence-electron chi connectivity index (χ2n) is 3.08. The first-order chi connectivity index (χ1) is 7.68. The number of azo groups is 1. The number of nitrogens with zero attached hydrogens (tertiary/aromatic N) is 3. The van der Waals surface area contributed by atoms with Gasteiger partial charge in [0.25, 0.3) is 0 Å². The van der Waals surface area contributed by atoms with Crippen molar-refractivity contribution in [2.24, 2.45) is 10.2 Å². The summed E-state index contributed by atoms with van der Waals surface area (Å²) >= 11 is 3.54. The van der Waals surface area contributed by atoms with E-state index in [0.29, 0.717) is 10.8 Å². The first-order valence-corrected chi connectivity index (χ1v) is 6.43. The molecule has 0 aliphatic rings. The molecule has 0 amide bonds. The Bertz CT molecular complexity index is 525. The van der Waals surface area contributed by atoms with Crippen LogP contribution in [0.25, 0.3) is 0 Å². The van der Waals surface area contributed by atoms with Crippen molar-refractivity contribution in [1.82, 2.24) is 4.98 Å². The second kappa shape index (κ2) is 4.88. The quantitative estimate of drug-likeness (QED) is 0.656. The molecule has 4 nitrogen and oxygen atoms in total. The minimum absolute atomic E-state index is 0.135. The van der Waals surface area contributed by atoms with Gasteiger partial charge in [-0.2, -0.15) is 0 Å². The van der Waals surface area contributed by atoms with E-state index in [1.54, 1.807) is 12.3 Å². The largest absolute Gasteiger partial charge is 0.506 e. The number of thiazole rings is 1. The highest BCUT2D eigenvalue weighted by molar-refractivity contribution is 14.1. The predicted octanol–water partition coefficient (Wildman–Crippen LogP) is 4.18. The van der Waals surface area contributed by atoms with E-state index >= 15 is 0 Å². The van der Waals surface area contributed by atoms with Crippen molar-refractivity contribution in [1.29, 1.82) is 0 Å². The van der Waals surface area contributed by atoms with E-state index in [2.05, 4.69) is 37.8 Å². The standard InChI is InChI=1S/C10H8IN3OS/c1-6-2-3-7(15)9(8(6)11)13-14-10-12-4-5-16-10/h2-5,15H,1H3. The molecule has 1 N–H and O–H groups in total. The van der Waals surface area contributed by atoms with Gasteiger partial charge in [0.1, 0.15) is 11.4 Å². The Kier molecular flexibility index (Phi) is 3.49. The van der Waals surface area contributed by atoms with Gasteiger partial charge in [0, 0.05) is 15.1 Å². The summed E-state index contributed by atoms with van der Waals surface area (Å²) in [6.07, 6.45) is 1.67. The van der Waals surface area contributed by atoms with E-state index in [1.807, 2.05) is 18.4 Å². The van der Waals surface area contributed by atoms with Gasteiger partial charge >= 0.3 is 0 Å². The van der Waals surface area contributed by atoms with Crippen molar-refractivity contribution in [3.63, 3.8) is 0 Å². The van der Waals surface area contributed by atoms with Crippen molar-refractivity contribution < 1.29 is 5.11 Å². The first-order valence-electron chi connectivity index (χ1n) is 4.48. The molecule has 2 aromatic rings. The molecule has 0 radical (unpaired) electrons. The van der Waals surface area contributed by atoms with Gasteiger partial charge in [0.15, 0.2) is 0 Å². The maximum Gasteiger partial charge on any atom is 0.229 e. The molecule has 1 aromatic carbocycles. The molecule has 0 saturated carbocycles. The van der Waals surface area contributed by atoms with Gasteiger partial charge < -0.3 is 5.11 Å². The average Bonchev–Trinajstić information content (AvgIpc) is 2.77. The molecule has 0 unspecified atom stereocenters. The van der Waals surface area contributed by atoms with Gasteiger partial charge in [0.2, 0.25) is 5.13 Å². The number of rotatable bonds is 2. The molecule has 0 spiro atoms. The SMILES string of the molecule is Cc1ccc(O)c(N=Nc2nccs2)c1I. The van der Waals surface area contributed by atoms with E-state index < -0.39 is 0 Å². The third kappa shape index (κ3) is 2.38. The summed E-state index contributed by atoms with van der Waals surface area (Å²) < 4.78 is 0.901. The maximum atomic E-state index is 9.67. The van der Waals surface area contributed by atoms with Crippen molar-refractivity contribution >= 4 is 44.7 Å². The van der Waals surface area contributed by atoms with Crippen LogP contribution >= 0.6 is 33.9 Å². The summed E-state index contributed by atoms with van der Waals surface area (Å²) in [6, 6.07) is 3.47. The molecule has 0 atom stereocenters. The number of hydrogen-bond acceptors (Lipinski definition) is 5. The summed E-state index contributed by atoms with van der Waals surface area (Å²) in [5.41, 5.74) is 1.56. The summed E-state index contributed by atoms with van der Waals surface area (Å²) in [4.78, 5) is 3.99. The highest BCUT2D eigenvalue weighted by Crippen LogP contribution is 2.35. The molecule has 82 valence electrons. The van der Waals surface area contributed by atoms with Crippen LogP contribution in [0.2, 0.25) is 0 Å². The number of aromatic hydroxyl groups is 1. The molecule has 1 aromatic heterocycles. The highest BCUT2D eigenvalue weighted by Gasteiger charge is 2.07. The second-order valence-corrected chi connectivity index (χ2v) is 5.03. The molecule has 2 rings (SSSR count). The molecule has 0 bridgehead atoms. The summed E-state index contributed by atoms with van der Waals surface area (Å²) in [5.74, 6) is 0.135. The lowest BCUT2D eigenvalue weighted by atomic mass is 10.2. The number of phenolic OH excluding ortho intramolecular Hbond substituents is 1. The molecule has 0 saturated heterocycles. The van der Waals surface area contributed by atoms with Crippen LogP contribution in [0.15, 0.2) is 33.9 Å². The van der Waals surface area contributed by atoms with E-state index in [9.17, 15) is 5.11 Å². The van der Waals surface area contributed by atoms with Gasteiger partial charge in [-0.15, -0.1) is 21.6 Å². The first kappa shape index (κ1) is 11.5. The molecule has 0 fully saturated rings. The topological polar surface area (TPSA) is 57.8 Å².